The van der Waals surface area contributed by atoms with Crippen molar-refractivity contribution in [3.8, 4) is 0 Å². The minimum absolute atomic E-state index is 0.234. The molecule has 1 aromatic carbocycles. The summed E-state index contributed by atoms with van der Waals surface area (Å²) in [6.07, 6.45) is 2.99. The topological polar surface area (TPSA) is 79.4 Å². The molecule has 2 N–H and O–H groups in total. The Balaban J connectivity index is 1.54. The molecular weight excluding hydrogens is 354 g/mol. The first-order valence-corrected chi connectivity index (χ1v) is 9.04. The number of amides is 1. The highest BCUT2D eigenvalue weighted by Crippen LogP contribution is 2.20. The second kappa shape index (κ2) is 8.71. The van der Waals surface area contributed by atoms with Gasteiger partial charge in [0.05, 0.1) is 6.61 Å². The van der Waals surface area contributed by atoms with E-state index in [1.807, 2.05) is 37.3 Å². The lowest BCUT2D eigenvalue weighted by Gasteiger charge is -2.31. The van der Waals surface area contributed by atoms with E-state index in [4.69, 9.17) is 16.3 Å². The van der Waals surface area contributed by atoms with Crippen LogP contribution in [-0.4, -0.2) is 46.7 Å². The standard InChI is InChI=1S/C18H22ClN5O2/c1-2-26-18(25)24-9-7-15(8-10-24)23-17-11-16(20-12-21-17)22-14-5-3-13(19)4-6-14/h3-6,11-12,15H,2,7-10H2,1H3,(H2,20,21,22,23). The summed E-state index contributed by atoms with van der Waals surface area (Å²) in [7, 11) is 0. The number of nitrogens with one attached hydrogen (secondary N) is 2. The summed E-state index contributed by atoms with van der Waals surface area (Å²) in [6, 6.07) is 9.56. The van der Waals surface area contributed by atoms with Gasteiger partial charge < -0.3 is 20.3 Å². The molecule has 3 rings (SSSR count). The van der Waals surface area contributed by atoms with Crippen LogP contribution in [0.15, 0.2) is 36.7 Å². The summed E-state index contributed by atoms with van der Waals surface area (Å²) >= 11 is 5.90. The van der Waals surface area contributed by atoms with Crippen LogP contribution in [0.3, 0.4) is 0 Å². The van der Waals surface area contributed by atoms with Crippen molar-refractivity contribution in [1.29, 1.82) is 0 Å². The van der Waals surface area contributed by atoms with E-state index in [-0.39, 0.29) is 12.1 Å². The van der Waals surface area contributed by atoms with E-state index in [0.717, 1.165) is 24.3 Å². The van der Waals surface area contributed by atoms with Crippen LogP contribution < -0.4 is 10.6 Å². The first kappa shape index (κ1) is 18.3. The van der Waals surface area contributed by atoms with Crippen LogP contribution in [0.5, 0.6) is 0 Å². The maximum Gasteiger partial charge on any atom is 0.409 e. The number of aromatic nitrogens is 2. The van der Waals surface area contributed by atoms with Crippen molar-refractivity contribution in [2.24, 2.45) is 0 Å². The fourth-order valence-electron chi connectivity index (χ4n) is 2.82. The van der Waals surface area contributed by atoms with Gasteiger partial charge in [-0.1, -0.05) is 11.6 Å². The first-order chi connectivity index (χ1) is 12.6. The highest BCUT2D eigenvalue weighted by Gasteiger charge is 2.23. The maximum atomic E-state index is 11.7. The number of piperidine rings is 1. The zero-order valence-corrected chi connectivity index (χ0v) is 15.4. The Labute approximate surface area is 157 Å². The second-order valence-electron chi connectivity index (χ2n) is 6.02. The maximum absolute atomic E-state index is 11.7. The second-order valence-corrected chi connectivity index (χ2v) is 6.46. The molecule has 138 valence electrons. The molecule has 1 fully saturated rings. The van der Waals surface area contributed by atoms with Gasteiger partial charge in [0.2, 0.25) is 0 Å². The molecule has 1 aliphatic heterocycles. The largest absolute Gasteiger partial charge is 0.450 e. The quantitative estimate of drug-likeness (QED) is 0.824. The highest BCUT2D eigenvalue weighted by atomic mass is 35.5. The predicted octanol–water partition coefficient (Wildman–Crippen LogP) is 3.91. The number of anilines is 3. The number of ether oxygens (including phenoxy) is 1. The molecule has 26 heavy (non-hydrogen) atoms. The Morgan fingerprint density at radius 3 is 2.62 bits per heavy atom. The Morgan fingerprint density at radius 2 is 1.92 bits per heavy atom. The van der Waals surface area contributed by atoms with E-state index in [1.54, 1.807) is 4.90 Å². The van der Waals surface area contributed by atoms with Crippen molar-refractivity contribution in [1.82, 2.24) is 14.9 Å². The average molecular weight is 376 g/mol. The van der Waals surface area contributed by atoms with E-state index in [9.17, 15) is 4.79 Å². The third-order valence-electron chi connectivity index (χ3n) is 4.16. The lowest BCUT2D eigenvalue weighted by atomic mass is 10.1. The molecule has 2 heterocycles. The van der Waals surface area contributed by atoms with Gasteiger partial charge in [-0.15, -0.1) is 0 Å². The lowest BCUT2D eigenvalue weighted by Crippen LogP contribution is -2.42. The molecule has 0 spiro atoms. The molecule has 0 unspecified atom stereocenters. The third kappa shape index (κ3) is 4.98. The van der Waals surface area contributed by atoms with Crippen LogP contribution >= 0.6 is 11.6 Å². The van der Waals surface area contributed by atoms with Crippen LogP contribution in [0.4, 0.5) is 22.1 Å². The minimum atomic E-state index is -0.234. The number of benzene rings is 1. The number of carbonyl (C=O) groups is 1. The molecular formula is C18H22ClN5O2. The van der Waals surface area contributed by atoms with Crippen molar-refractivity contribution in [3.05, 3.63) is 41.7 Å². The summed E-state index contributed by atoms with van der Waals surface area (Å²) in [4.78, 5) is 22.0. The van der Waals surface area contributed by atoms with Crippen molar-refractivity contribution >= 4 is 35.0 Å². The van der Waals surface area contributed by atoms with Gasteiger partial charge in [0.25, 0.3) is 0 Å². The van der Waals surface area contributed by atoms with E-state index < -0.39 is 0 Å². The zero-order valence-electron chi connectivity index (χ0n) is 14.6. The third-order valence-corrected chi connectivity index (χ3v) is 4.41. The Bertz CT molecular complexity index is 733. The minimum Gasteiger partial charge on any atom is -0.450 e. The zero-order chi connectivity index (χ0) is 18.4. The first-order valence-electron chi connectivity index (χ1n) is 8.67. The number of likely N-dealkylation sites (tertiary alicyclic amines) is 1. The van der Waals surface area contributed by atoms with Gasteiger partial charge in [0.15, 0.2) is 0 Å². The molecule has 0 bridgehead atoms. The number of rotatable bonds is 5. The van der Waals surface area contributed by atoms with Crippen LogP contribution in [0.25, 0.3) is 0 Å². The highest BCUT2D eigenvalue weighted by molar-refractivity contribution is 6.30. The van der Waals surface area contributed by atoms with Crippen molar-refractivity contribution in [3.63, 3.8) is 0 Å². The number of hydrogen-bond donors (Lipinski definition) is 2. The normalized spacial score (nSPS) is 14.8. The number of halogens is 1. The molecule has 0 atom stereocenters. The molecule has 0 saturated carbocycles. The molecule has 1 aromatic heterocycles. The van der Waals surface area contributed by atoms with E-state index in [1.165, 1.54) is 6.33 Å². The monoisotopic (exact) mass is 375 g/mol. The number of nitrogens with zero attached hydrogens (tertiary/aromatic N) is 3. The summed E-state index contributed by atoms with van der Waals surface area (Å²) in [5, 5.41) is 7.33. The number of carbonyl (C=O) groups excluding carboxylic acids is 1. The van der Waals surface area contributed by atoms with Gasteiger partial charge >= 0.3 is 6.09 Å². The molecule has 0 aliphatic carbocycles. The SMILES string of the molecule is CCOC(=O)N1CCC(Nc2cc(Nc3ccc(Cl)cc3)ncn2)CC1. The van der Waals surface area contributed by atoms with Gasteiger partial charge in [0.1, 0.15) is 18.0 Å². The fraction of sp³-hybridized carbons (Fsp3) is 0.389. The van der Waals surface area contributed by atoms with E-state index in [2.05, 4.69) is 20.6 Å². The Hall–Kier alpha value is -2.54. The molecule has 1 amide bonds. The summed E-state index contributed by atoms with van der Waals surface area (Å²) < 4.78 is 5.04. The van der Waals surface area contributed by atoms with Crippen molar-refractivity contribution < 1.29 is 9.53 Å². The van der Waals surface area contributed by atoms with Gasteiger partial charge in [-0.3, -0.25) is 0 Å². The smallest absolute Gasteiger partial charge is 0.409 e. The predicted molar refractivity (Wildman–Crippen MR) is 102 cm³/mol. The fourth-order valence-corrected chi connectivity index (χ4v) is 2.94. The Kier molecular flexibility index (Phi) is 6.12. The molecule has 8 heteroatoms. The summed E-state index contributed by atoms with van der Waals surface area (Å²) in [5.74, 6) is 1.46. The van der Waals surface area contributed by atoms with Gasteiger partial charge in [-0.25, -0.2) is 14.8 Å². The molecule has 1 saturated heterocycles. The average Bonchev–Trinajstić information content (AvgIpc) is 2.65. The van der Waals surface area contributed by atoms with Crippen LogP contribution in [0.2, 0.25) is 5.02 Å². The van der Waals surface area contributed by atoms with Crippen LogP contribution in [0, 0.1) is 0 Å². The van der Waals surface area contributed by atoms with Crippen LogP contribution in [-0.2, 0) is 4.74 Å². The molecule has 7 nitrogen and oxygen atoms in total. The molecule has 0 radical (unpaired) electrons. The molecule has 2 aromatic rings. The lowest BCUT2D eigenvalue weighted by molar-refractivity contribution is 0.0983. The summed E-state index contributed by atoms with van der Waals surface area (Å²) in [5.41, 5.74) is 0.904. The number of hydrogen-bond acceptors (Lipinski definition) is 6. The van der Waals surface area contributed by atoms with E-state index in [0.29, 0.717) is 30.5 Å². The van der Waals surface area contributed by atoms with Gasteiger partial charge in [-0.2, -0.15) is 0 Å². The summed E-state index contributed by atoms with van der Waals surface area (Å²) in [6.45, 7) is 3.58. The molecule has 1 aliphatic rings. The Morgan fingerprint density at radius 1 is 1.23 bits per heavy atom. The van der Waals surface area contributed by atoms with Crippen LogP contribution in [0.1, 0.15) is 19.8 Å². The van der Waals surface area contributed by atoms with E-state index >= 15 is 0 Å². The van der Waals surface area contributed by atoms with Crippen molar-refractivity contribution in [2.45, 2.75) is 25.8 Å². The van der Waals surface area contributed by atoms with Gasteiger partial charge in [-0.05, 0) is 44.0 Å². The van der Waals surface area contributed by atoms with Crippen molar-refractivity contribution in [2.75, 3.05) is 30.3 Å². The van der Waals surface area contributed by atoms with Gasteiger partial charge in [0, 0.05) is 35.9 Å².